The standard InChI is InChI=1S/C29H29F3N2O5/c1-4-19-14-20(38-16-21-15-34(3)24-7-5-6-8-25(24)39-21)11-17(2)27(19)28(37)33-23-12-18(13-26(35)36)9-10-22(23)29(30,31)32/h5-12,14,21H,4,13,15-16H2,1-3H3,(H,33,37)(H,35,36)/t21-/m0/s1. The van der Waals surface area contributed by atoms with Crippen LogP contribution in [0.15, 0.2) is 54.6 Å². The zero-order valence-corrected chi connectivity index (χ0v) is 21.8. The number of likely N-dealkylation sites (N-methyl/N-ethyl adjacent to an activating group) is 1. The van der Waals surface area contributed by atoms with Gasteiger partial charge < -0.3 is 24.8 Å². The van der Waals surface area contributed by atoms with Crippen LogP contribution < -0.4 is 19.7 Å². The van der Waals surface area contributed by atoms with Crippen LogP contribution in [0.4, 0.5) is 24.5 Å². The van der Waals surface area contributed by atoms with Gasteiger partial charge in [0, 0.05) is 12.6 Å². The number of amides is 1. The molecule has 0 aliphatic carbocycles. The average molecular weight is 543 g/mol. The zero-order valence-electron chi connectivity index (χ0n) is 21.8. The zero-order chi connectivity index (χ0) is 28.3. The fraction of sp³-hybridized carbons (Fsp3) is 0.310. The van der Waals surface area contributed by atoms with E-state index >= 15 is 0 Å². The minimum atomic E-state index is -4.74. The molecule has 0 spiro atoms. The number of aliphatic carboxylic acids is 1. The van der Waals surface area contributed by atoms with E-state index in [0.29, 0.717) is 29.8 Å². The fourth-order valence-corrected chi connectivity index (χ4v) is 4.69. The number of carboxylic acids is 1. The lowest BCUT2D eigenvalue weighted by atomic mass is 9.98. The van der Waals surface area contributed by atoms with Crippen LogP contribution in [0.25, 0.3) is 0 Å². The Labute approximate surface area is 224 Å². The highest BCUT2D eigenvalue weighted by molar-refractivity contribution is 6.07. The highest BCUT2D eigenvalue weighted by Crippen LogP contribution is 2.36. The largest absolute Gasteiger partial charge is 0.490 e. The normalized spacial score (nSPS) is 14.8. The van der Waals surface area contributed by atoms with Gasteiger partial charge in [-0.2, -0.15) is 13.2 Å². The maximum absolute atomic E-state index is 13.6. The molecule has 1 atom stereocenters. The topological polar surface area (TPSA) is 88.1 Å². The molecule has 1 aliphatic rings. The summed E-state index contributed by atoms with van der Waals surface area (Å²) in [7, 11) is 1.97. The Morgan fingerprint density at radius 3 is 2.59 bits per heavy atom. The van der Waals surface area contributed by atoms with Crippen molar-refractivity contribution in [2.75, 3.05) is 30.4 Å². The van der Waals surface area contributed by atoms with Gasteiger partial charge in [0.25, 0.3) is 5.91 Å². The van der Waals surface area contributed by atoms with Crippen molar-refractivity contribution in [3.63, 3.8) is 0 Å². The number of carbonyl (C=O) groups excluding carboxylic acids is 1. The first-order valence-electron chi connectivity index (χ1n) is 12.4. The van der Waals surface area contributed by atoms with Gasteiger partial charge in [0.15, 0.2) is 0 Å². The lowest BCUT2D eigenvalue weighted by Crippen LogP contribution is -2.41. The Hall–Kier alpha value is -4.21. The van der Waals surface area contributed by atoms with Gasteiger partial charge in [0.1, 0.15) is 24.2 Å². The minimum absolute atomic E-state index is 0.139. The molecule has 7 nitrogen and oxygen atoms in total. The fourth-order valence-electron chi connectivity index (χ4n) is 4.69. The second-order valence-electron chi connectivity index (χ2n) is 9.43. The molecule has 0 unspecified atom stereocenters. The monoisotopic (exact) mass is 542 g/mol. The number of hydrogen-bond acceptors (Lipinski definition) is 5. The molecule has 206 valence electrons. The molecule has 3 aromatic carbocycles. The van der Waals surface area contributed by atoms with E-state index in [2.05, 4.69) is 10.2 Å². The van der Waals surface area contributed by atoms with E-state index in [1.165, 1.54) is 0 Å². The SMILES string of the molecule is CCc1cc(OC[C@@H]2CN(C)c3ccccc3O2)cc(C)c1C(=O)Nc1cc(CC(=O)O)ccc1C(F)(F)F. The number of halogens is 3. The van der Waals surface area contributed by atoms with Crippen LogP contribution in [0.3, 0.4) is 0 Å². The van der Waals surface area contributed by atoms with E-state index in [4.69, 9.17) is 14.6 Å². The summed E-state index contributed by atoms with van der Waals surface area (Å²) in [6.07, 6.45) is -5.00. The molecule has 0 radical (unpaired) electrons. The summed E-state index contributed by atoms with van der Waals surface area (Å²) in [4.78, 5) is 26.4. The van der Waals surface area contributed by atoms with Crippen LogP contribution in [-0.2, 0) is 23.8 Å². The summed E-state index contributed by atoms with van der Waals surface area (Å²) in [6, 6.07) is 14.0. The number of alkyl halides is 3. The van der Waals surface area contributed by atoms with Gasteiger partial charge in [-0.15, -0.1) is 0 Å². The molecule has 39 heavy (non-hydrogen) atoms. The quantitative estimate of drug-likeness (QED) is 0.378. The molecule has 1 amide bonds. The first-order valence-corrected chi connectivity index (χ1v) is 12.4. The predicted octanol–water partition coefficient (Wildman–Crippen LogP) is 5.73. The maximum atomic E-state index is 13.6. The first kappa shape index (κ1) is 27.8. The molecule has 2 N–H and O–H groups in total. The van der Waals surface area contributed by atoms with E-state index in [-0.39, 0.29) is 23.8 Å². The lowest BCUT2D eigenvalue weighted by Gasteiger charge is -2.33. The molecule has 1 aliphatic heterocycles. The van der Waals surface area contributed by atoms with Crippen molar-refractivity contribution < 1.29 is 37.3 Å². The van der Waals surface area contributed by atoms with Crippen LogP contribution in [0.1, 0.15) is 39.5 Å². The summed E-state index contributed by atoms with van der Waals surface area (Å²) in [5.41, 5.74) is 0.959. The average Bonchev–Trinajstić information content (AvgIpc) is 2.86. The molecule has 1 heterocycles. The number of rotatable bonds is 8. The number of para-hydroxylation sites is 2. The number of nitrogens with one attached hydrogen (secondary N) is 1. The number of aryl methyl sites for hydroxylation is 2. The Balaban J connectivity index is 1.53. The van der Waals surface area contributed by atoms with Crippen molar-refractivity contribution in [1.29, 1.82) is 0 Å². The molecular weight excluding hydrogens is 513 g/mol. The third-order valence-corrected chi connectivity index (χ3v) is 6.48. The van der Waals surface area contributed by atoms with E-state index in [9.17, 15) is 22.8 Å². The predicted molar refractivity (Wildman–Crippen MR) is 141 cm³/mol. The Morgan fingerprint density at radius 1 is 1.15 bits per heavy atom. The van der Waals surface area contributed by atoms with Crippen LogP contribution in [-0.4, -0.2) is 43.3 Å². The van der Waals surface area contributed by atoms with E-state index in [0.717, 1.165) is 29.6 Å². The summed E-state index contributed by atoms with van der Waals surface area (Å²) in [6.45, 7) is 4.41. The van der Waals surface area contributed by atoms with Crippen molar-refractivity contribution >= 4 is 23.3 Å². The van der Waals surface area contributed by atoms with Crippen molar-refractivity contribution in [2.24, 2.45) is 0 Å². The third-order valence-electron chi connectivity index (χ3n) is 6.48. The molecule has 0 aromatic heterocycles. The van der Waals surface area contributed by atoms with Gasteiger partial charge in [-0.25, -0.2) is 0 Å². The minimum Gasteiger partial charge on any atom is -0.490 e. The first-order chi connectivity index (χ1) is 18.5. The van der Waals surface area contributed by atoms with Gasteiger partial charge in [-0.3, -0.25) is 9.59 Å². The smallest absolute Gasteiger partial charge is 0.418 e. The van der Waals surface area contributed by atoms with Gasteiger partial charge in [-0.05, 0) is 66.4 Å². The van der Waals surface area contributed by atoms with Crippen molar-refractivity contribution in [1.82, 2.24) is 0 Å². The molecule has 0 saturated heterocycles. The molecule has 3 aromatic rings. The molecule has 10 heteroatoms. The van der Waals surface area contributed by atoms with Gasteiger partial charge in [0.05, 0.1) is 29.9 Å². The van der Waals surface area contributed by atoms with Crippen LogP contribution >= 0.6 is 0 Å². The molecule has 0 fully saturated rings. The second kappa shape index (κ2) is 11.3. The van der Waals surface area contributed by atoms with E-state index < -0.39 is 35.7 Å². The lowest BCUT2D eigenvalue weighted by molar-refractivity contribution is -0.137. The Kier molecular flexibility index (Phi) is 8.03. The van der Waals surface area contributed by atoms with Gasteiger partial charge in [0.2, 0.25) is 0 Å². The van der Waals surface area contributed by atoms with Crippen LogP contribution in [0.5, 0.6) is 11.5 Å². The molecule has 0 bridgehead atoms. The summed E-state index contributed by atoms with van der Waals surface area (Å²) >= 11 is 0. The Bertz CT molecular complexity index is 1390. The maximum Gasteiger partial charge on any atom is 0.418 e. The number of benzene rings is 3. The van der Waals surface area contributed by atoms with Crippen molar-refractivity contribution in [3.8, 4) is 11.5 Å². The van der Waals surface area contributed by atoms with Gasteiger partial charge in [-0.1, -0.05) is 25.1 Å². The highest BCUT2D eigenvalue weighted by atomic mass is 19.4. The third kappa shape index (κ3) is 6.45. The number of fused-ring (bicyclic) bond motifs is 1. The molecular formula is C29H29F3N2O5. The number of hydrogen-bond donors (Lipinski definition) is 2. The summed E-state index contributed by atoms with van der Waals surface area (Å²) in [5, 5.41) is 11.4. The Morgan fingerprint density at radius 2 is 1.90 bits per heavy atom. The van der Waals surface area contributed by atoms with Crippen LogP contribution in [0.2, 0.25) is 0 Å². The van der Waals surface area contributed by atoms with E-state index in [1.54, 1.807) is 19.1 Å². The molecule has 0 saturated carbocycles. The van der Waals surface area contributed by atoms with Gasteiger partial charge >= 0.3 is 12.1 Å². The number of anilines is 2. The number of nitrogens with zero attached hydrogens (tertiary/aromatic N) is 1. The van der Waals surface area contributed by atoms with Crippen LogP contribution in [0, 0.1) is 6.92 Å². The van der Waals surface area contributed by atoms with Crippen molar-refractivity contribution in [3.05, 3.63) is 82.4 Å². The number of carbonyl (C=O) groups is 2. The summed E-state index contributed by atoms with van der Waals surface area (Å²) in [5.74, 6) is -0.627. The second-order valence-corrected chi connectivity index (χ2v) is 9.43. The summed E-state index contributed by atoms with van der Waals surface area (Å²) < 4.78 is 52.9. The van der Waals surface area contributed by atoms with E-state index in [1.807, 2.05) is 38.2 Å². The number of ether oxygens (including phenoxy) is 2. The highest BCUT2D eigenvalue weighted by Gasteiger charge is 2.34. The molecule has 4 rings (SSSR count). The number of carboxylic acid groups (broad SMARTS) is 1. The van der Waals surface area contributed by atoms with Crippen molar-refractivity contribution in [2.45, 2.75) is 39.0 Å².